The van der Waals surface area contributed by atoms with Gasteiger partial charge in [0.05, 0.1) is 24.4 Å². The quantitative estimate of drug-likeness (QED) is 0.919. The van der Waals surface area contributed by atoms with Crippen LogP contribution in [0.2, 0.25) is 5.02 Å². The number of methoxy groups -OCH3 is 1. The standard InChI is InChI=1S/C16H18ClNO3/c1-10-7-18-14(11(2)16(10)20-3)9-21-15-5-4-12(8-19)6-13(15)17/h4-7,19H,8-9H2,1-3H3. The zero-order valence-corrected chi connectivity index (χ0v) is 13.1. The topological polar surface area (TPSA) is 51.6 Å². The molecule has 5 heteroatoms. The molecular weight excluding hydrogens is 290 g/mol. The molecule has 1 aromatic carbocycles. The number of pyridine rings is 1. The van der Waals surface area contributed by atoms with Crippen LogP contribution in [0.3, 0.4) is 0 Å². The molecule has 4 nitrogen and oxygen atoms in total. The van der Waals surface area contributed by atoms with Crippen molar-refractivity contribution in [2.24, 2.45) is 0 Å². The number of benzene rings is 1. The lowest BCUT2D eigenvalue weighted by Gasteiger charge is -2.13. The van der Waals surface area contributed by atoms with Crippen LogP contribution in [-0.2, 0) is 13.2 Å². The van der Waals surface area contributed by atoms with Gasteiger partial charge in [-0.2, -0.15) is 0 Å². The number of aliphatic hydroxyl groups is 1. The third kappa shape index (κ3) is 3.46. The van der Waals surface area contributed by atoms with Crippen LogP contribution in [0.5, 0.6) is 11.5 Å². The summed E-state index contributed by atoms with van der Waals surface area (Å²) in [6, 6.07) is 5.21. The Bertz CT molecular complexity index is 644. The Balaban J connectivity index is 2.17. The van der Waals surface area contributed by atoms with Crippen molar-refractivity contribution in [3.8, 4) is 11.5 Å². The van der Waals surface area contributed by atoms with Crippen molar-refractivity contribution in [3.05, 3.63) is 51.8 Å². The molecule has 0 aliphatic heterocycles. The predicted octanol–water partition coefficient (Wildman–Crippen LogP) is 3.43. The molecule has 0 bridgehead atoms. The van der Waals surface area contributed by atoms with Gasteiger partial charge in [0.2, 0.25) is 0 Å². The number of halogens is 1. The van der Waals surface area contributed by atoms with Gasteiger partial charge in [-0.1, -0.05) is 17.7 Å². The Hall–Kier alpha value is -1.78. The molecule has 0 unspecified atom stereocenters. The smallest absolute Gasteiger partial charge is 0.138 e. The molecule has 0 fully saturated rings. The molecule has 0 spiro atoms. The maximum atomic E-state index is 9.06. The van der Waals surface area contributed by atoms with Gasteiger partial charge in [-0.05, 0) is 31.5 Å². The van der Waals surface area contributed by atoms with Crippen molar-refractivity contribution >= 4 is 11.6 Å². The van der Waals surface area contributed by atoms with Gasteiger partial charge in [0.1, 0.15) is 18.1 Å². The fraction of sp³-hybridized carbons (Fsp3) is 0.312. The maximum absolute atomic E-state index is 9.06. The zero-order valence-electron chi connectivity index (χ0n) is 12.3. The van der Waals surface area contributed by atoms with E-state index in [2.05, 4.69) is 4.98 Å². The number of aliphatic hydroxyl groups excluding tert-OH is 1. The molecule has 0 amide bonds. The molecule has 0 aliphatic rings. The first-order chi connectivity index (χ1) is 10.1. The second-order valence-corrected chi connectivity index (χ2v) is 5.16. The van der Waals surface area contributed by atoms with E-state index in [0.717, 1.165) is 28.1 Å². The molecule has 1 aromatic heterocycles. The average Bonchev–Trinajstić information content (AvgIpc) is 2.48. The minimum absolute atomic E-state index is 0.0458. The van der Waals surface area contributed by atoms with Gasteiger partial charge in [0.25, 0.3) is 0 Å². The van der Waals surface area contributed by atoms with E-state index < -0.39 is 0 Å². The largest absolute Gasteiger partial charge is 0.496 e. The van der Waals surface area contributed by atoms with Gasteiger partial charge in [-0.15, -0.1) is 0 Å². The second-order valence-electron chi connectivity index (χ2n) is 4.76. The Morgan fingerprint density at radius 3 is 2.67 bits per heavy atom. The molecule has 21 heavy (non-hydrogen) atoms. The van der Waals surface area contributed by atoms with Crippen molar-refractivity contribution in [2.75, 3.05) is 7.11 Å². The third-order valence-electron chi connectivity index (χ3n) is 3.29. The number of aryl methyl sites for hydroxylation is 1. The summed E-state index contributed by atoms with van der Waals surface area (Å²) in [5.41, 5.74) is 3.50. The van der Waals surface area contributed by atoms with Crippen LogP contribution in [0.4, 0.5) is 0 Å². The van der Waals surface area contributed by atoms with Crippen LogP contribution in [0.1, 0.15) is 22.4 Å². The molecular formula is C16H18ClNO3. The van der Waals surface area contributed by atoms with Gasteiger partial charge in [0.15, 0.2) is 0 Å². The first-order valence-electron chi connectivity index (χ1n) is 6.58. The normalized spacial score (nSPS) is 10.5. The van der Waals surface area contributed by atoms with E-state index in [4.69, 9.17) is 26.2 Å². The highest BCUT2D eigenvalue weighted by Gasteiger charge is 2.11. The Kier molecular flexibility index (Phi) is 5.04. The molecule has 0 radical (unpaired) electrons. The van der Waals surface area contributed by atoms with Crippen LogP contribution < -0.4 is 9.47 Å². The van der Waals surface area contributed by atoms with Crippen LogP contribution >= 0.6 is 11.6 Å². The molecule has 112 valence electrons. The summed E-state index contributed by atoms with van der Waals surface area (Å²) in [4.78, 5) is 4.38. The summed E-state index contributed by atoms with van der Waals surface area (Å²) < 4.78 is 11.1. The zero-order chi connectivity index (χ0) is 15.4. The Morgan fingerprint density at radius 1 is 1.29 bits per heavy atom. The summed E-state index contributed by atoms with van der Waals surface area (Å²) in [6.07, 6.45) is 1.76. The number of aromatic nitrogens is 1. The second kappa shape index (κ2) is 6.78. The summed E-state index contributed by atoms with van der Waals surface area (Å²) in [6.45, 7) is 4.17. The van der Waals surface area contributed by atoms with Crippen LogP contribution in [-0.4, -0.2) is 17.2 Å². The van der Waals surface area contributed by atoms with Gasteiger partial charge >= 0.3 is 0 Å². The van der Waals surface area contributed by atoms with E-state index in [1.807, 2.05) is 13.8 Å². The maximum Gasteiger partial charge on any atom is 0.138 e. The minimum Gasteiger partial charge on any atom is -0.496 e. The lowest BCUT2D eigenvalue weighted by atomic mass is 10.1. The summed E-state index contributed by atoms with van der Waals surface area (Å²) in [7, 11) is 1.64. The first kappa shape index (κ1) is 15.6. The van der Waals surface area contributed by atoms with Gasteiger partial charge < -0.3 is 14.6 Å². The Morgan fingerprint density at radius 2 is 2.05 bits per heavy atom. The average molecular weight is 308 g/mol. The molecule has 1 heterocycles. The van der Waals surface area contributed by atoms with Crippen molar-refractivity contribution in [2.45, 2.75) is 27.1 Å². The highest BCUT2D eigenvalue weighted by molar-refractivity contribution is 6.32. The van der Waals surface area contributed by atoms with E-state index in [1.54, 1.807) is 31.5 Å². The van der Waals surface area contributed by atoms with Crippen LogP contribution in [0, 0.1) is 13.8 Å². The number of nitrogens with zero attached hydrogens (tertiary/aromatic N) is 1. The number of rotatable bonds is 5. The molecule has 0 aliphatic carbocycles. The highest BCUT2D eigenvalue weighted by atomic mass is 35.5. The fourth-order valence-corrected chi connectivity index (χ4v) is 2.38. The lowest BCUT2D eigenvalue weighted by molar-refractivity contribution is 0.280. The fourth-order valence-electron chi connectivity index (χ4n) is 2.12. The highest BCUT2D eigenvalue weighted by Crippen LogP contribution is 2.28. The van der Waals surface area contributed by atoms with Crippen molar-refractivity contribution in [1.82, 2.24) is 4.98 Å². The SMILES string of the molecule is COc1c(C)cnc(COc2ccc(CO)cc2Cl)c1C. The van der Waals surface area contributed by atoms with Crippen LogP contribution in [0.15, 0.2) is 24.4 Å². The summed E-state index contributed by atoms with van der Waals surface area (Å²) in [5.74, 6) is 1.39. The first-order valence-corrected chi connectivity index (χ1v) is 6.95. The van der Waals surface area contributed by atoms with Gasteiger partial charge in [-0.3, -0.25) is 4.98 Å². The van der Waals surface area contributed by atoms with E-state index in [9.17, 15) is 0 Å². The van der Waals surface area contributed by atoms with E-state index >= 15 is 0 Å². The van der Waals surface area contributed by atoms with Crippen molar-refractivity contribution in [1.29, 1.82) is 0 Å². The summed E-state index contributed by atoms with van der Waals surface area (Å²) >= 11 is 6.12. The molecule has 2 aromatic rings. The van der Waals surface area contributed by atoms with E-state index in [1.165, 1.54) is 0 Å². The minimum atomic E-state index is -0.0458. The number of ether oxygens (including phenoxy) is 2. The molecule has 0 saturated heterocycles. The molecule has 0 saturated carbocycles. The molecule has 0 atom stereocenters. The third-order valence-corrected chi connectivity index (χ3v) is 3.59. The van der Waals surface area contributed by atoms with Crippen molar-refractivity contribution in [3.63, 3.8) is 0 Å². The number of hydrogen-bond donors (Lipinski definition) is 1. The monoisotopic (exact) mass is 307 g/mol. The number of hydrogen-bond acceptors (Lipinski definition) is 4. The molecule has 2 rings (SSSR count). The van der Waals surface area contributed by atoms with Crippen molar-refractivity contribution < 1.29 is 14.6 Å². The molecule has 1 N–H and O–H groups in total. The Labute approximate surface area is 129 Å². The van der Waals surface area contributed by atoms with Gasteiger partial charge in [-0.25, -0.2) is 0 Å². The van der Waals surface area contributed by atoms with E-state index in [0.29, 0.717) is 17.4 Å². The van der Waals surface area contributed by atoms with Gasteiger partial charge in [0, 0.05) is 17.3 Å². The van der Waals surface area contributed by atoms with Crippen LogP contribution in [0.25, 0.3) is 0 Å². The summed E-state index contributed by atoms with van der Waals surface area (Å²) in [5, 5.41) is 9.53. The van der Waals surface area contributed by atoms with E-state index in [-0.39, 0.29) is 6.61 Å². The lowest BCUT2D eigenvalue weighted by Crippen LogP contribution is -2.04. The predicted molar refractivity (Wildman–Crippen MR) is 82.0 cm³/mol.